The van der Waals surface area contributed by atoms with Gasteiger partial charge in [-0.15, -0.1) is 13.2 Å². The molecule has 1 aromatic heterocycles. The van der Waals surface area contributed by atoms with Gasteiger partial charge < -0.3 is 10.5 Å². The summed E-state index contributed by atoms with van der Waals surface area (Å²) in [7, 11) is 0. The van der Waals surface area contributed by atoms with Crippen molar-refractivity contribution >= 4 is 16.3 Å². The van der Waals surface area contributed by atoms with Crippen molar-refractivity contribution in [1.82, 2.24) is 0 Å². The number of rotatable bonds is 4. The van der Waals surface area contributed by atoms with Crippen LogP contribution in [0, 0.1) is 10.1 Å². The lowest BCUT2D eigenvalue weighted by Gasteiger charge is -2.12. The summed E-state index contributed by atoms with van der Waals surface area (Å²) >= 11 is 0.939. The second-order valence-corrected chi connectivity index (χ2v) is 4.96. The summed E-state index contributed by atoms with van der Waals surface area (Å²) in [5.74, 6) is -0.352. The first-order valence-corrected chi connectivity index (χ1v) is 6.48. The fourth-order valence-corrected chi connectivity index (χ4v) is 2.43. The Balaban J connectivity index is 2.15. The molecule has 5 nitrogen and oxygen atoms in total. The van der Waals surface area contributed by atoms with Crippen molar-refractivity contribution in [2.24, 2.45) is 5.73 Å². The molecule has 21 heavy (non-hydrogen) atoms. The summed E-state index contributed by atoms with van der Waals surface area (Å²) in [4.78, 5) is 10.1. The highest BCUT2D eigenvalue weighted by molar-refractivity contribution is 7.13. The molecule has 0 amide bonds. The third-order valence-electron chi connectivity index (χ3n) is 2.62. The standard InChI is InChI=1S/C12H9F3N2O3S/c13-12(14,15)20-9-3-1-7(2-4-9)11(16)8-5-10(17(18)19)21-6-8/h1-6,11H,16H2/t11-/m0/s1. The van der Waals surface area contributed by atoms with Crippen LogP contribution in [0.2, 0.25) is 0 Å². The van der Waals surface area contributed by atoms with E-state index in [1.165, 1.54) is 18.2 Å². The monoisotopic (exact) mass is 318 g/mol. The van der Waals surface area contributed by atoms with Gasteiger partial charge in [-0.05, 0) is 23.3 Å². The van der Waals surface area contributed by atoms with Gasteiger partial charge in [0.05, 0.1) is 11.0 Å². The molecule has 112 valence electrons. The van der Waals surface area contributed by atoms with E-state index in [0.717, 1.165) is 23.5 Å². The lowest BCUT2D eigenvalue weighted by Crippen LogP contribution is -2.17. The summed E-state index contributed by atoms with van der Waals surface area (Å²) in [5.41, 5.74) is 6.98. The minimum atomic E-state index is -4.75. The van der Waals surface area contributed by atoms with E-state index in [-0.39, 0.29) is 10.8 Å². The number of nitrogens with two attached hydrogens (primary N) is 1. The third-order valence-corrected chi connectivity index (χ3v) is 3.52. The van der Waals surface area contributed by atoms with Gasteiger partial charge >= 0.3 is 11.4 Å². The second kappa shape index (κ2) is 5.70. The van der Waals surface area contributed by atoms with E-state index in [9.17, 15) is 23.3 Å². The molecule has 0 saturated carbocycles. The summed E-state index contributed by atoms with van der Waals surface area (Å²) in [6, 6.07) is 5.74. The van der Waals surface area contributed by atoms with Crippen LogP contribution < -0.4 is 10.5 Å². The minimum absolute atomic E-state index is 0.0440. The molecule has 1 atom stereocenters. The van der Waals surface area contributed by atoms with Crippen LogP contribution in [0.3, 0.4) is 0 Å². The maximum Gasteiger partial charge on any atom is 0.573 e. The number of alkyl halides is 3. The largest absolute Gasteiger partial charge is 0.573 e. The molecule has 0 spiro atoms. The van der Waals surface area contributed by atoms with E-state index in [4.69, 9.17) is 5.73 Å². The molecule has 0 aliphatic heterocycles. The van der Waals surface area contributed by atoms with Crippen molar-refractivity contribution in [2.45, 2.75) is 12.4 Å². The lowest BCUT2D eigenvalue weighted by molar-refractivity contribution is -0.380. The molecule has 0 fully saturated rings. The second-order valence-electron chi connectivity index (χ2n) is 4.07. The van der Waals surface area contributed by atoms with Crippen LogP contribution in [0.1, 0.15) is 17.2 Å². The van der Waals surface area contributed by atoms with Crippen molar-refractivity contribution in [1.29, 1.82) is 0 Å². The number of halogens is 3. The maximum atomic E-state index is 12.0. The number of hydrogen-bond acceptors (Lipinski definition) is 5. The molecule has 0 unspecified atom stereocenters. The van der Waals surface area contributed by atoms with Crippen LogP contribution in [0.25, 0.3) is 0 Å². The molecule has 0 aliphatic rings. The SMILES string of the molecule is N[C@@H](c1ccc(OC(F)(F)F)cc1)c1csc([N+](=O)[O-])c1. The first kappa shape index (κ1) is 15.3. The van der Waals surface area contributed by atoms with Gasteiger partial charge in [-0.2, -0.15) is 0 Å². The van der Waals surface area contributed by atoms with Gasteiger partial charge in [0, 0.05) is 11.4 Å². The highest BCUT2D eigenvalue weighted by Gasteiger charge is 2.31. The smallest absolute Gasteiger partial charge is 0.406 e. The zero-order chi connectivity index (χ0) is 15.6. The molecule has 0 aliphatic carbocycles. The van der Waals surface area contributed by atoms with Crippen LogP contribution in [-0.4, -0.2) is 11.3 Å². The Morgan fingerprint density at radius 1 is 1.24 bits per heavy atom. The van der Waals surface area contributed by atoms with Crippen LogP contribution in [0.5, 0.6) is 5.75 Å². The van der Waals surface area contributed by atoms with Crippen molar-refractivity contribution in [3.63, 3.8) is 0 Å². The Morgan fingerprint density at radius 3 is 2.33 bits per heavy atom. The summed E-state index contributed by atoms with van der Waals surface area (Å²) < 4.78 is 39.9. The minimum Gasteiger partial charge on any atom is -0.406 e. The molecular formula is C12H9F3N2O3S. The lowest BCUT2D eigenvalue weighted by atomic mass is 10.0. The Bertz CT molecular complexity index is 640. The summed E-state index contributed by atoms with van der Waals surface area (Å²) in [6.07, 6.45) is -4.75. The van der Waals surface area contributed by atoms with E-state index in [2.05, 4.69) is 4.74 Å². The van der Waals surface area contributed by atoms with E-state index < -0.39 is 17.3 Å². The zero-order valence-corrected chi connectivity index (χ0v) is 11.1. The van der Waals surface area contributed by atoms with E-state index >= 15 is 0 Å². The Hall–Kier alpha value is -2.13. The molecule has 2 aromatic rings. The van der Waals surface area contributed by atoms with Crippen LogP contribution >= 0.6 is 11.3 Å². The van der Waals surface area contributed by atoms with Gasteiger partial charge in [-0.1, -0.05) is 23.5 Å². The van der Waals surface area contributed by atoms with E-state index in [0.29, 0.717) is 11.1 Å². The van der Waals surface area contributed by atoms with Gasteiger partial charge in [0.2, 0.25) is 0 Å². The molecule has 1 aromatic carbocycles. The number of hydrogen-bond donors (Lipinski definition) is 1. The number of ether oxygens (including phenoxy) is 1. The molecule has 0 saturated heterocycles. The number of thiophene rings is 1. The Labute approximate surface area is 120 Å². The van der Waals surface area contributed by atoms with Crippen molar-refractivity contribution < 1.29 is 22.8 Å². The maximum absolute atomic E-state index is 12.0. The Morgan fingerprint density at radius 2 is 1.86 bits per heavy atom. The number of nitrogens with zero attached hydrogens (tertiary/aromatic N) is 1. The molecule has 1 heterocycles. The number of nitro groups is 1. The predicted molar refractivity (Wildman–Crippen MR) is 70.1 cm³/mol. The topological polar surface area (TPSA) is 78.4 Å². The molecular weight excluding hydrogens is 309 g/mol. The fourth-order valence-electron chi connectivity index (χ4n) is 1.67. The van der Waals surface area contributed by atoms with E-state index in [1.807, 2.05) is 0 Å². The van der Waals surface area contributed by atoms with Crippen molar-refractivity contribution in [3.8, 4) is 5.75 Å². The van der Waals surface area contributed by atoms with Gasteiger partial charge in [0.1, 0.15) is 5.75 Å². The van der Waals surface area contributed by atoms with Gasteiger partial charge in [0.15, 0.2) is 0 Å². The number of benzene rings is 1. The van der Waals surface area contributed by atoms with Crippen molar-refractivity contribution in [3.05, 3.63) is 57.0 Å². The summed E-state index contributed by atoms with van der Waals surface area (Å²) in [5, 5.41) is 12.1. The highest BCUT2D eigenvalue weighted by Crippen LogP contribution is 2.30. The van der Waals surface area contributed by atoms with Crippen molar-refractivity contribution in [2.75, 3.05) is 0 Å². The van der Waals surface area contributed by atoms with Gasteiger partial charge in [-0.3, -0.25) is 10.1 Å². The van der Waals surface area contributed by atoms with Crippen LogP contribution in [-0.2, 0) is 0 Å². The normalized spacial score (nSPS) is 13.0. The molecule has 9 heteroatoms. The quantitative estimate of drug-likeness (QED) is 0.690. The Kier molecular flexibility index (Phi) is 4.14. The molecule has 0 bridgehead atoms. The third kappa shape index (κ3) is 3.92. The van der Waals surface area contributed by atoms with Gasteiger partial charge in [0.25, 0.3) is 0 Å². The first-order valence-electron chi connectivity index (χ1n) is 5.60. The highest BCUT2D eigenvalue weighted by atomic mass is 32.1. The van der Waals surface area contributed by atoms with E-state index in [1.54, 1.807) is 5.38 Å². The zero-order valence-electron chi connectivity index (χ0n) is 10.3. The van der Waals surface area contributed by atoms with Crippen LogP contribution in [0.4, 0.5) is 18.2 Å². The first-order chi connectivity index (χ1) is 9.76. The summed E-state index contributed by atoms with van der Waals surface area (Å²) in [6.45, 7) is 0. The molecule has 2 N–H and O–H groups in total. The molecule has 0 radical (unpaired) electrons. The van der Waals surface area contributed by atoms with Crippen LogP contribution in [0.15, 0.2) is 35.7 Å². The predicted octanol–water partition coefficient (Wildman–Crippen LogP) is 3.60. The average molecular weight is 318 g/mol. The van der Waals surface area contributed by atoms with Gasteiger partial charge in [-0.25, -0.2) is 0 Å². The fraction of sp³-hybridized carbons (Fsp3) is 0.167. The average Bonchev–Trinajstić information content (AvgIpc) is 2.86. The molecule has 2 rings (SSSR count).